The maximum Gasteiger partial charge on any atom is 0.340 e. The van der Waals surface area contributed by atoms with E-state index in [1.807, 2.05) is 0 Å². The van der Waals surface area contributed by atoms with Gasteiger partial charge in [0.25, 0.3) is 0 Å². The van der Waals surface area contributed by atoms with Crippen molar-refractivity contribution in [2.45, 2.75) is 0 Å². The fourth-order valence-electron chi connectivity index (χ4n) is 1.66. The van der Waals surface area contributed by atoms with Gasteiger partial charge in [-0.15, -0.1) is 0 Å². The van der Waals surface area contributed by atoms with Crippen molar-refractivity contribution in [3.05, 3.63) is 52.8 Å². The van der Waals surface area contributed by atoms with Gasteiger partial charge in [-0.3, -0.25) is 0 Å². The van der Waals surface area contributed by atoms with Crippen molar-refractivity contribution < 1.29 is 13.9 Å². The third-order valence-electron chi connectivity index (χ3n) is 2.67. The number of hydrogen-bond donors (Lipinski definition) is 2. The molecule has 0 saturated heterocycles. The highest BCUT2D eigenvalue weighted by Gasteiger charge is 2.14. The first-order valence-electron chi connectivity index (χ1n) is 5.71. The first-order valence-corrected chi connectivity index (χ1v) is 6.09. The van der Waals surface area contributed by atoms with Gasteiger partial charge in [-0.2, -0.15) is 0 Å². The summed E-state index contributed by atoms with van der Waals surface area (Å²) >= 11 is 5.77. The molecule has 0 aliphatic heterocycles. The van der Waals surface area contributed by atoms with Crippen LogP contribution in [0.5, 0.6) is 0 Å². The molecule has 2 aromatic rings. The Balaban J connectivity index is 2.36. The number of esters is 1. The van der Waals surface area contributed by atoms with E-state index in [9.17, 15) is 9.18 Å². The number of nitrogens with two attached hydrogens (primary N) is 1. The lowest BCUT2D eigenvalue weighted by atomic mass is 10.1. The molecular weight excluding hydrogens is 283 g/mol. The normalized spacial score (nSPS) is 10.2. The summed E-state index contributed by atoms with van der Waals surface area (Å²) in [4.78, 5) is 11.5. The van der Waals surface area contributed by atoms with Crippen LogP contribution >= 0.6 is 11.6 Å². The molecule has 0 spiro atoms. The van der Waals surface area contributed by atoms with Crippen molar-refractivity contribution in [3.8, 4) is 0 Å². The van der Waals surface area contributed by atoms with Crippen LogP contribution in [0.4, 0.5) is 21.5 Å². The number of ether oxygens (including phenoxy) is 1. The number of hydrogen-bond acceptors (Lipinski definition) is 4. The monoisotopic (exact) mass is 294 g/mol. The predicted octanol–water partition coefficient (Wildman–Crippen LogP) is 3.59. The molecule has 0 fully saturated rings. The summed E-state index contributed by atoms with van der Waals surface area (Å²) < 4.78 is 18.4. The molecule has 2 rings (SSSR count). The lowest BCUT2D eigenvalue weighted by Gasteiger charge is -2.11. The molecule has 0 unspecified atom stereocenters. The van der Waals surface area contributed by atoms with Crippen molar-refractivity contribution in [1.82, 2.24) is 0 Å². The molecule has 0 heterocycles. The number of anilines is 3. The fraction of sp³-hybridized carbons (Fsp3) is 0.0714. The molecule has 104 valence electrons. The van der Waals surface area contributed by atoms with Crippen LogP contribution in [0.1, 0.15) is 10.4 Å². The Kier molecular flexibility index (Phi) is 4.10. The van der Waals surface area contributed by atoms with Gasteiger partial charge in [0.1, 0.15) is 5.82 Å². The SMILES string of the molecule is COC(=O)c1cc(Nc2ccc(Cl)cc2)c(F)cc1N. The molecule has 20 heavy (non-hydrogen) atoms. The Morgan fingerprint density at radius 2 is 1.95 bits per heavy atom. The first kappa shape index (κ1) is 14.1. The molecule has 0 atom stereocenters. The summed E-state index contributed by atoms with van der Waals surface area (Å²) in [5.41, 5.74) is 6.48. The van der Waals surface area contributed by atoms with E-state index in [0.29, 0.717) is 10.7 Å². The summed E-state index contributed by atoms with van der Waals surface area (Å²) in [6.45, 7) is 0. The lowest BCUT2D eigenvalue weighted by Crippen LogP contribution is -2.07. The number of nitrogen functional groups attached to an aromatic ring is 1. The van der Waals surface area contributed by atoms with Crippen LogP contribution in [0.3, 0.4) is 0 Å². The molecule has 0 aliphatic rings. The molecule has 0 aromatic heterocycles. The highest BCUT2D eigenvalue weighted by molar-refractivity contribution is 6.30. The van der Waals surface area contributed by atoms with Crippen LogP contribution in [-0.2, 0) is 4.74 Å². The van der Waals surface area contributed by atoms with Crippen LogP contribution in [0, 0.1) is 5.82 Å². The van der Waals surface area contributed by atoms with Gasteiger partial charge >= 0.3 is 5.97 Å². The molecule has 2 aromatic carbocycles. The van der Waals surface area contributed by atoms with E-state index >= 15 is 0 Å². The zero-order chi connectivity index (χ0) is 14.7. The summed E-state index contributed by atoms with van der Waals surface area (Å²) in [7, 11) is 1.23. The van der Waals surface area contributed by atoms with E-state index in [4.69, 9.17) is 17.3 Å². The summed E-state index contributed by atoms with van der Waals surface area (Å²) in [6.07, 6.45) is 0. The number of nitrogens with one attached hydrogen (secondary N) is 1. The number of halogens is 2. The van der Waals surface area contributed by atoms with Crippen LogP contribution in [0.25, 0.3) is 0 Å². The zero-order valence-corrected chi connectivity index (χ0v) is 11.4. The molecule has 3 N–H and O–H groups in total. The smallest absolute Gasteiger partial charge is 0.340 e. The van der Waals surface area contributed by atoms with Crippen molar-refractivity contribution in [2.75, 3.05) is 18.2 Å². The summed E-state index contributed by atoms with van der Waals surface area (Å²) in [6, 6.07) is 9.10. The van der Waals surface area contributed by atoms with Crippen molar-refractivity contribution >= 4 is 34.6 Å². The number of rotatable bonds is 3. The van der Waals surface area contributed by atoms with Crippen molar-refractivity contribution in [2.24, 2.45) is 0 Å². The predicted molar refractivity (Wildman–Crippen MR) is 76.9 cm³/mol. The Morgan fingerprint density at radius 1 is 1.30 bits per heavy atom. The third-order valence-corrected chi connectivity index (χ3v) is 2.92. The molecular formula is C14H12ClFN2O2. The number of carbonyl (C=O) groups is 1. The second kappa shape index (κ2) is 5.79. The van der Waals surface area contributed by atoms with Gasteiger partial charge in [0, 0.05) is 16.4 Å². The van der Waals surface area contributed by atoms with E-state index in [2.05, 4.69) is 10.1 Å². The van der Waals surface area contributed by atoms with Gasteiger partial charge in [0.05, 0.1) is 18.4 Å². The second-order valence-corrected chi connectivity index (χ2v) is 4.48. The maximum absolute atomic E-state index is 13.8. The van der Waals surface area contributed by atoms with E-state index in [1.165, 1.54) is 13.2 Å². The molecule has 0 saturated carbocycles. The highest BCUT2D eigenvalue weighted by atomic mass is 35.5. The maximum atomic E-state index is 13.8. The Labute approximate surface area is 120 Å². The van der Waals surface area contributed by atoms with Gasteiger partial charge < -0.3 is 15.8 Å². The number of benzene rings is 2. The number of methoxy groups -OCH3 is 1. The zero-order valence-electron chi connectivity index (χ0n) is 10.6. The van der Waals surface area contributed by atoms with E-state index < -0.39 is 11.8 Å². The molecule has 0 bridgehead atoms. The second-order valence-electron chi connectivity index (χ2n) is 4.04. The quantitative estimate of drug-likeness (QED) is 0.671. The standard InChI is InChI=1S/C14H12ClFN2O2/c1-20-14(19)10-6-13(11(16)7-12(10)17)18-9-4-2-8(15)3-5-9/h2-7,18H,17H2,1H3. The lowest BCUT2D eigenvalue weighted by molar-refractivity contribution is 0.0602. The largest absolute Gasteiger partial charge is 0.465 e. The molecule has 0 radical (unpaired) electrons. The van der Waals surface area contributed by atoms with Crippen LogP contribution in [0.2, 0.25) is 5.02 Å². The average molecular weight is 295 g/mol. The minimum Gasteiger partial charge on any atom is -0.465 e. The third kappa shape index (κ3) is 3.00. The molecule has 6 heteroatoms. The Bertz CT molecular complexity index is 644. The molecule has 0 amide bonds. The van der Waals surface area contributed by atoms with Crippen LogP contribution in [0.15, 0.2) is 36.4 Å². The number of carbonyl (C=O) groups excluding carboxylic acids is 1. The van der Waals surface area contributed by atoms with Crippen LogP contribution < -0.4 is 11.1 Å². The Hall–Kier alpha value is -2.27. The topological polar surface area (TPSA) is 64.3 Å². The molecule has 0 aliphatic carbocycles. The molecule has 4 nitrogen and oxygen atoms in total. The summed E-state index contributed by atoms with van der Waals surface area (Å²) in [5, 5.41) is 3.42. The van der Waals surface area contributed by atoms with Crippen molar-refractivity contribution in [3.63, 3.8) is 0 Å². The minimum atomic E-state index is -0.623. The van der Waals surface area contributed by atoms with E-state index in [0.717, 1.165) is 6.07 Å². The minimum absolute atomic E-state index is 0.0241. The van der Waals surface area contributed by atoms with E-state index in [1.54, 1.807) is 24.3 Å². The summed E-state index contributed by atoms with van der Waals surface area (Å²) in [5.74, 6) is -1.19. The average Bonchev–Trinajstić information content (AvgIpc) is 2.43. The Morgan fingerprint density at radius 3 is 2.55 bits per heavy atom. The van der Waals surface area contributed by atoms with Gasteiger partial charge in [-0.25, -0.2) is 9.18 Å². The fourth-order valence-corrected chi connectivity index (χ4v) is 1.79. The van der Waals surface area contributed by atoms with E-state index in [-0.39, 0.29) is 16.9 Å². The van der Waals surface area contributed by atoms with Gasteiger partial charge in [-0.05, 0) is 36.4 Å². The highest BCUT2D eigenvalue weighted by Crippen LogP contribution is 2.26. The van der Waals surface area contributed by atoms with Crippen molar-refractivity contribution in [1.29, 1.82) is 0 Å². The van der Waals surface area contributed by atoms with Gasteiger partial charge in [0.2, 0.25) is 0 Å². The first-order chi connectivity index (χ1) is 9.51. The van der Waals surface area contributed by atoms with Crippen LogP contribution in [-0.4, -0.2) is 13.1 Å². The van der Waals surface area contributed by atoms with Gasteiger partial charge in [-0.1, -0.05) is 11.6 Å². The van der Waals surface area contributed by atoms with Gasteiger partial charge in [0.15, 0.2) is 0 Å².